The van der Waals surface area contributed by atoms with Gasteiger partial charge in [0.1, 0.15) is 19.0 Å². The zero-order valence-electron chi connectivity index (χ0n) is 19.7. The van der Waals surface area contributed by atoms with Crippen molar-refractivity contribution in [1.29, 1.82) is 0 Å². The molecule has 184 valence electrons. The Morgan fingerprint density at radius 1 is 0.800 bits per heavy atom. The minimum Gasteiger partial charge on any atom is -0.492 e. The predicted molar refractivity (Wildman–Crippen MR) is 134 cm³/mol. The van der Waals surface area contributed by atoms with Gasteiger partial charge in [0.2, 0.25) is 9.84 Å². The van der Waals surface area contributed by atoms with E-state index in [1.165, 1.54) is 6.42 Å². The number of nitrogens with zero attached hydrogens (tertiary/aromatic N) is 1. The molecule has 35 heavy (non-hydrogen) atoms. The van der Waals surface area contributed by atoms with E-state index in [0.717, 1.165) is 31.5 Å². The summed E-state index contributed by atoms with van der Waals surface area (Å²) in [6, 6.07) is 24.3. The minimum atomic E-state index is -3.57. The summed E-state index contributed by atoms with van der Waals surface area (Å²) in [4.78, 5) is 15.4. The number of carbonyl (C=O) groups excluding carboxylic acids is 1. The molecule has 0 amide bonds. The van der Waals surface area contributed by atoms with Crippen LogP contribution in [-0.4, -0.2) is 45.0 Å². The molecule has 0 N–H and O–H groups in total. The van der Waals surface area contributed by atoms with Gasteiger partial charge in [-0.3, -0.25) is 9.69 Å². The molecule has 0 aliphatic carbocycles. The molecule has 3 aromatic carbocycles. The molecule has 0 aromatic heterocycles. The van der Waals surface area contributed by atoms with Gasteiger partial charge >= 0.3 is 5.97 Å². The van der Waals surface area contributed by atoms with Crippen molar-refractivity contribution in [3.05, 3.63) is 90.5 Å². The molecule has 4 rings (SSSR count). The number of piperidine rings is 1. The fourth-order valence-corrected chi connectivity index (χ4v) is 5.49. The summed E-state index contributed by atoms with van der Waals surface area (Å²) in [5.74, 6) is 0.314. The van der Waals surface area contributed by atoms with Gasteiger partial charge in [-0.25, -0.2) is 8.42 Å². The van der Waals surface area contributed by atoms with Gasteiger partial charge in [0.25, 0.3) is 0 Å². The number of benzene rings is 3. The van der Waals surface area contributed by atoms with Crippen LogP contribution in [0.15, 0.2) is 94.7 Å². The van der Waals surface area contributed by atoms with Gasteiger partial charge in [0.15, 0.2) is 0 Å². The summed E-state index contributed by atoms with van der Waals surface area (Å²) < 4.78 is 37.1. The summed E-state index contributed by atoms with van der Waals surface area (Å²) >= 11 is 0. The lowest BCUT2D eigenvalue weighted by Gasteiger charge is -2.34. The average Bonchev–Trinajstić information content (AvgIpc) is 2.91. The number of sulfone groups is 1. The fourth-order valence-electron chi connectivity index (χ4n) is 4.21. The monoisotopic (exact) mass is 493 g/mol. The Balaban J connectivity index is 1.37. The number of rotatable bonds is 10. The van der Waals surface area contributed by atoms with Crippen molar-refractivity contribution >= 4 is 15.8 Å². The molecule has 1 unspecified atom stereocenters. The zero-order chi connectivity index (χ0) is 24.5. The van der Waals surface area contributed by atoms with Gasteiger partial charge in [0.05, 0.1) is 22.3 Å². The van der Waals surface area contributed by atoms with Crippen LogP contribution in [0.1, 0.15) is 31.2 Å². The summed E-state index contributed by atoms with van der Waals surface area (Å²) in [6.45, 7) is 2.43. The minimum absolute atomic E-state index is 0.105. The van der Waals surface area contributed by atoms with Gasteiger partial charge < -0.3 is 9.47 Å². The van der Waals surface area contributed by atoms with Crippen molar-refractivity contribution < 1.29 is 22.7 Å². The standard InChI is InChI=1S/C28H31NO5S/c30-28(34-21-23-10-4-1-5-11-23)20-24(29-18-8-3-9-19-29)22-33-25-14-16-27(17-15-25)35(31,32)26-12-6-2-7-13-26/h1-2,4-7,10-17,24H,3,8-9,18-22H2. The quantitative estimate of drug-likeness (QED) is 0.375. The Morgan fingerprint density at radius 2 is 1.40 bits per heavy atom. The van der Waals surface area contributed by atoms with Crippen molar-refractivity contribution in [3.63, 3.8) is 0 Å². The molecule has 1 aliphatic heterocycles. The maximum absolute atomic E-state index is 12.8. The first-order valence-corrected chi connectivity index (χ1v) is 13.5. The van der Waals surface area contributed by atoms with Crippen LogP contribution in [0.25, 0.3) is 0 Å². The fraction of sp³-hybridized carbons (Fsp3) is 0.321. The second kappa shape index (κ2) is 12.0. The van der Waals surface area contributed by atoms with E-state index in [4.69, 9.17) is 9.47 Å². The molecular formula is C28H31NO5S. The van der Waals surface area contributed by atoms with Gasteiger partial charge in [-0.05, 0) is 67.9 Å². The Bertz CT molecular complexity index is 1180. The second-order valence-electron chi connectivity index (χ2n) is 8.70. The van der Waals surface area contributed by atoms with Crippen LogP contribution < -0.4 is 4.74 Å². The van der Waals surface area contributed by atoms with Gasteiger partial charge in [-0.15, -0.1) is 0 Å². The van der Waals surface area contributed by atoms with Crippen molar-refractivity contribution in [2.75, 3.05) is 19.7 Å². The van der Waals surface area contributed by atoms with E-state index in [9.17, 15) is 13.2 Å². The Hall–Kier alpha value is -3.16. The highest BCUT2D eigenvalue weighted by Gasteiger charge is 2.25. The molecule has 1 atom stereocenters. The highest BCUT2D eigenvalue weighted by Crippen LogP contribution is 2.24. The Kier molecular flexibility index (Phi) is 8.55. The Labute approximate surface area is 207 Å². The van der Waals surface area contributed by atoms with E-state index in [1.54, 1.807) is 54.6 Å². The van der Waals surface area contributed by atoms with Crippen LogP contribution in [-0.2, 0) is 26.0 Å². The smallest absolute Gasteiger partial charge is 0.307 e. The number of hydrogen-bond donors (Lipinski definition) is 0. The van der Waals surface area contributed by atoms with E-state index in [-0.39, 0.29) is 34.8 Å². The highest BCUT2D eigenvalue weighted by molar-refractivity contribution is 7.91. The number of esters is 1. The van der Waals surface area contributed by atoms with Crippen LogP contribution in [0, 0.1) is 0 Å². The molecular weight excluding hydrogens is 462 g/mol. The SMILES string of the molecule is O=C(CC(COc1ccc(S(=O)(=O)c2ccccc2)cc1)N1CCCCC1)OCc1ccccc1. The molecule has 0 radical (unpaired) electrons. The lowest BCUT2D eigenvalue weighted by Crippen LogP contribution is -2.44. The molecule has 0 saturated carbocycles. The number of likely N-dealkylation sites (tertiary alicyclic amines) is 1. The summed E-state index contributed by atoms with van der Waals surface area (Å²) in [7, 11) is -3.57. The molecule has 1 fully saturated rings. The molecule has 0 bridgehead atoms. The van der Waals surface area contributed by atoms with E-state index in [2.05, 4.69) is 4.90 Å². The third-order valence-electron chi connectivity index (χ3n) is 6.18. The Morgan fingerprint density at radius 3 is 2.06 bits per heavy atom. The number of ether oxygens (including phenoxy) is 2. The molecule has 1 heterocycles. The zero-order valence-corrected chi connectivity index (χ0v) is 20.5. The van der Waals surface area contributed by atoms with E-state index < -0.39 is 9.84 Å². The van der Waals surface area contributed by atoms with Crippen molar-refractivity contribution in [3.8, 4) is 5.75 Å². The van der Waals surface area contributed by atoms with Crippen LogP contribution in [0.2, 0.25) is 0 Å². The first kappa shape index (κ1) is 24.9. The summed E-state index contributed by atoms with van der Waals surface area (Å²) in [5.41, 5.74) is 0.956. The number of carbonyl (C=O) groups is 1. The average molecular weight is 494 g/mol. The molecule has 3 aromatic rings. The third-order valence-corrected chi connectivity index (χ3v) is 7.97. The van der Waals surface area contributed by atoms with Crippen molar-refractivity contribution in [1.82, 2.24) is 4.90 Å². The van der Waals surface area contributed by atoms with E-state index in [0.29, 0.717) is 12.4 Å². The maximum atomic E-state index is 12.8. The van der Waals surface area contributed by atoms with E-state index >= 15 is 0 Å². The normalized spacial score (nSPS) is 15.3. The second-order valence-corrected chi connectivity index (χ2v) is 10.6. The van der Waals surface area contributed by atoms with Gasteiger partial charge in [-0.1, -0.05) is 55.0 Å². The van der Waals surface area contributed by atoms with Gasteiger partial charge in [-0.2, -0.15) is 0 Å². The van der Waals surface area contributed by atoms with Crippen LogP contribution in [0.4, 0.5) is 0 Å². The summed E-state index contributed by atoms with van der Waals surface area (Å²) in [6.07, 6.45) is 3.64. The number of hydrogen-bond acceptors (Lipinski definition) is 6. The van der Waals surface area contributed by atoms with Crippen molar-refractivity contribution in [2.45, 2.75) is 48.1 Å². The topological polar surface area (TPSA) is 72.9 Å². The summed E-state index contributed by atoms with van der Waals surface area (Å²) in [5, 5.41) is 0. The molecule has 1 aliphatic rings. The first-order valence-electron chi connectivity index (χ1n) is 12.0. The third kappa shape index (κ3) is 6.93. The lowest BCUT2D eigenvalue weighted by molar-refractivity contribution is -0.146. The van der Waals surface area contributed by atoms with E-state index in [1.807, 2.05) is 30.3 Å². The molecule has 1 saturated heterocycles. The highest BCUT2D eigenvalue weighted by atomic mass is 32.2. The molecule has 6 nitrogen and oxygen atoms in total. The maximum Gasteiger partial charge on any atom is 0.307 e. The van der Waals surface area contributed by atoms with Crippen LogP contribution >= 0.6 is 0 Å². The molecule has 7 heteroatoms. The largest absolute Gasteiger partial charge is 0.492 e. The lowest BCUT2D eigenvalue weighted by atomic mass is 10.1. The van der Waals surface area contributed by atoms with Crippen LogP contribution in [0.3, 0.4) is 0 Å². The predicted octanol–water partition coefficient (Wildman–Crippen LogP) is 4.89. The molecule has 0 spiro atoms. The first-order chi connectivity index (χ1) is 17.0. The van der Waals surface area contributed by atoms with Gasteiger partial charge in [0, 0.05) is 0 Å². The van der Waals surface area contributed by atoms with Crippen LogP contribution in [0.5, 0.6) is 5.75 Å². The van der Waals surface area contributed by atoms with Crippen molar-refractivity contribution in [2.24, 2.45) is 0 Å².